The van der Waals surface area contributed by atoms with Gasteiger partial charge in [-0.1, -0.05) is 12.1 Å². The average Bonchev–Trinajstić information content (AvgIpc) is 2.88. The summed E-state index contributed by atoms with van der Waals surface area (Å²) in [6, 6.07) is 12.2. The smallest absolute Gasteiger partial charge is 0.323 e. The molecule has 0 saturated heterocycles. The van der Waals surface area contributed by atoms with Crippen molar-refractivity contribution in [1.29, 1.82) is 0 Å². The van der Waals surface area contributed by atoms with Gasteiger partial charge in [0.15, 0.2) is 0 Å². The van der Waals surface area contributed by atoms with Crippen molar-refractivity contribution in [1.82, 2.24) is 9.97 Å². The molecule has 0 bridgehead atoms. The lowest BCUT2D eigenvalue weighted by Gasteiger charge is -2.11. The molecule has 112 valence electrons. The predicted molar refractivity (Wildman–Crippen MR) is 84.5 cm³/mol. The first kappa shape index (κ1) is 13.9. The van der Waals surface area contributed by atoms with Crippen LogP contribution >= 0.6 is 0 Å². The summed E-state index contributed by atoms with van der Waals surface area (Å²) in [5.41, 5.74) is 2.02. The summed E-state index contributed by atoms with van der Waals surface area (Å²) in [4.78, 5) is 28.9. The molecule has 6 nitrogen and oxygen atoms in total. The third kappa shape index (κ3) is 2.71. The van der Waals surface area contributed by atoms with E-state index in [9.17, 15) is 9.59 Å². The number of para-hydroxylation sites is 2. The molecule has 0 unspecified atom stereocenters. The summed E-state index contributed by atoms with van der Waals surface area (Å²) in [5, 5.41) is 2.82. The minimum atomic E-state index is -0.297. The van der Waals surface area contributed by atoms with Crippen molar-refractivity contribution in [3.05, 3.63) is 58.5 Å². The topological polar surface area (TPSA) is 87.0 Å². The molecule has 0 aliphatic carbocycles. The molecular weight excluding hydrogens is 282 g/mol. The fourth-order valence-corrected chi connectivity index (χ4v) is 2.22. The molecule has 1 amide bonds. The standard InChI is InChI=1S/C16H15N3O3/c1-2-22-14-6-4-3-5-12(14)17-15(20)10-7-8-11-13(9-10)19-16(21)18-11/h3-9H,2H2,1H3,(H,17,20)(H2,18,19,21). The number of amides is 1. The van der Waals surface area contributed by atoms with Crippen LogP contribution in [0.1, 0.15) is 17.3 Å². The van der Waals surface area contributed by atoms with E-state index in [1.807, 2.05) is 19.1 Å². The number of H-pyrrole nitrogens is 2. The van der Waals surface area contributed by atoms with Gasteiger partial charge in [-0.05, 0) is 37.3 Å². The number of rotatable bonds is 4. The van der Waals surface area contributed by atoms with Crippen LogP contribution in [0.3, 0.4) is 0 Å². The molecule has 0 atom stereocenters. The van der Waals surface area contributed by atoms with Gasteiger partial charge in [0, 0.05) is 5.56 Å². The van der Waals surface area contributed by atoms with E-state index < -0.39 is 0 Å². The SMILES string of the molecule is CCOc1ccccc1NC(=O)c1ccc2[nH]c(=O)[nH]c2c1. The molecule has 3 rings (SSSR count). The quantitative estimate of drug-likeness (QED) is 0.691. The second-order valence-electron chi connectivity index (χ2n) is 4.72. The fourth-order valence-electron chi connectivity index (χ4n) is 2.22. The minimum absolute atomic E-state index is 0.267. The van der Waals surface area contributed by atoms with Crippen molar-refractivity contribution in [3.8, 4) is 5.75 Å². The van der Waals surface area contributed by atoms with Crippen molar-refractivity contribution in [2.45, 2.75) is 6.92 Å². The Morgan fingerprint density at radius 3 is 2.73 bits per heavy atom. The second kappa shape index (κ2) is 5.77. The van der Waals surface area contributed by atoms with Crippen LogP contribution in [0.5, 0.6) is 5.75 Å². The highest BCUT2D eigenvalue weighted by Crippen LogP contribution is 2.24. The predicted octanol–water partition coefficient (Wildman–Crippen LogP) is 2.51. The third-order valence-corrected chi connectivity index (χ3v) is 3.21. The Labute approximate surface area is 126 Å². The number of nitrogens with one attached hydrogen (secondary N) is 3. The molecule has 1 heterocycles. The number of aromatic amines is 2. The van der Waals surface area contributed by atoms with Gasteiger partial charge in [0.05, 0.1) is 23.3 Å². The lowest BCUT2D eigenvalue weighted by molar-refractivity contribution is 0.102. The zero-order valence-electron chi connectivity index (χ0n) is 12.0. The highest BCUT2D eigenvalue weighted by atomic mass is 16.5. The van der Waals surface area contributed by atoms with E-state index in [0.717, 1.165) is 0 Å². The Balaban J connectivity index is 1.88. The van der Waals surface area contributed by atoms with Crippen molar-refractivity contribution in [2.75, 3.05) is 11.9 Å². The number of carbonyl (C=O) groups excluding carboxylic acids is 1. The van der Waals surface area contributed by atoms with Gasteiger partial charge in [-0.2, -0.15) is 0 Å². The number of benzene rings is 2. The first-order valence-corrected chi connectivity index (χ1v) is 6.92. The first-order valence-electron chi connectivity index (χ1n) is 6.92. The van der Waals surface area contributed by atoms with Gasteiger partial charge in [0.1, 0.15) is 5.75 Å². The number of fused-ring (bicyclic) bond motifs is 1. The number of anilines is 1. The summed E-state index contributed by atoms with van der Waals surface area (Å²) in [6.45, 7) is 2.40. The Kier molecular flexibility index (Phi) is 3.65. The number of ether oxygens (including phenoxy) is 1. The van der Waals surface area contributed by atoms with Crippen LogP contribution in [0.25, 0.3) is 11.0 Å². The van der Waals surface area contributed by atoms with Gasteiger partial charge < -0.3 is 20.0 Å². The van der Waals surface area contributed by atoms with Crippen LogP contribution in [0.15, 0.2) is 47.3 Å². The van der Waals surface area contributed by atoms with Gasteiger partial charge in [-0.15, -0.1) is 0 Å². The Bertz CT molecular complexity index is 879. The summed E-state index contributed by atoms with van der Waals surface area (Å²) >= 11 is 0. The number of hydrogen-bond acceptors (Lipinski definition) is 3. The summed E-state index contributed by atoms with van der Waals surface area (Å²) in [5.74, 6) is 0.352. The van der Waals surface area contributed by atoms with Crippen molar-refractivity contribution >= 4 is 22.6 Å². The van der Waals surface area contributed by atoms with Crippen LogP contribution < -0.4 is 15.7 Å². The summed E-state index contributed by atoms with van der Waals surface area (Å²) in [6.07, 6.45) is 0. The highest BCUT2D eigenvalue weighted by Gasteiger charge is 2.11. The molecule has 0 fully saturated rings. The molecule has 3 aromatic rings. The molecule has 2 aromatic carbocycles. The molecule has 0 aliphatic heterocycles. The largest absolute Gasteiger partial charge is 0.492 e. The molecule has 6 heteroatoms. The van der Waals surface area contributed by atoms with Crippen molar-refractivity contribution in [3.63, 3.8) is 0 Å². The van der Waals surface area contributed by atoms with E-state index >= 15 is 0 Å². The zero-order chi connectivity index (χ0) is 15.5. The van der Waals surface area contributed by atoms with E-state index in [1.165, 1.54) is 0 Å². The van der Waals surface area contributed by atoms with E-state index in [-0.39, 0.29) is 11.6 Å². The number of hydrogen-bond donors (Lipinski definition) is 3. The van der Waals surface area contributed by atoms with Crippen LogP contribution in [-0.4, -0.2) is 22.5 Å². The van der Waals surface area contributed by atoms with Gasteiger partial charge in [-0.3, -0.25) is 4.79 Å². The third-order valence-electron chi connectivity index (χ3n) is 3.21. The maximum Gasteiger partial charge on any atom is 0.323 e. The van der Waals surface area contributed by atoms with Crippen LogP contribution in [0.4, 0.5) is 5.69 Å². The van der Waals surface area contributed by atoms with Gasteiger partial charge in [0.2, 0.25) is 0 Å². The van der Waals surface area contributed by atoms with Crippen LogP contribution in [0.2, 0.25) is 0 Å². The number of aromatic nitrogens is 2. The highest BCUT2D eigenvalue weighted by molar-refractivity contribution is 6.06. The molecule has 22 heavy (non-hydrogen) atoms. The van der Waals surface area contributed by atoms with E-state index in [2.05, 4.69) is 15.3 Å². The number of carbonyl (C=O) groups is 1. The van der Waals surface area contributed by atoms with Crippen molar-refractivity contribution < 1.29 is 9.53 Å². The Hall–Kier alpha value is -3.02. The van der Waals surface area contributed by atoms with Gasteiger partial charge >= 0.3 is 5.69 Å². The van der Waals surface area contributed by atoms with Crippen molar-refractivity contribution in [2.24, 2.45) is 0 Å². The summed E-state index contributed by atoms with van der Waals surface area (Å²) < 4.78 is 5.48. The molecule has 0 saturated carbocycles. The maximum atomic E-state index is 12.4. The lowest BCUT2D eigenvalue weighted by atomic mass is 10.2. The van der Waals surface area contributed by atoms with Gasteiger partial charge in [0.25, 0.3) is 5.91 Å². The zero-order valence-corrected chi connectivity index (χ0v) is 12.0. The lowest BCUT2D eigenvalue weighted by Crippen LogP contribution is -2.12. The summed E-state index contributed by atoms with van der Waals surface area (Å²) in [7, 11) is 0. The number of imidazole rings is 1. The first-order chi connectivity index (χ1) is 10.7. The molecular formula is C16H15N3O3. The average molecular weight is 297 g/mol. The fraction of sp³-hybridized carbons (Fsp3) is 0.125. The molecule has 1 aromatic heterocycles. The Morgan fingerprint density at radius 2 is 1.91 bits per heavy atom. The van der Waals surface area contributed by atoms with E-state index in [1.54, 1.807) is 30.3 Å². The molecule has 0 aliphatic rings. The van der Waals surface area contributed by atoms with Crippen LogP contribution in [-0.2, 0) is 0 Å². The monoisotopic (exact) mass is 297 g/mol. The van der Waals surface area contributed by atoms with Crippen LogP contribution in [0, 0.1) is 0 Å². The Morgan fingerprint density at radius 1 is 1.14 bits per heavy atom. The van der Waals surface area contributed by atoms with E-state index in [4.69, 9.17) is 4.74 Å². The minimum Gasteiger partial charge on any atom is -0.492 e. The molecule has 0 radical (unpaired) electrons. The maximum absolute atomic E-state index is 12.4. The molecule has 3 N–H and O–H groups in total. The van der Waals surface area contributed by atoms with E-state index in [0.29, 0.717) is 34.6 Å². The second-order valence-corrected chi connectivity index (χ2v) is 4.72. The molecule has 0 spiro atoms. The van der Waals surface area contributed by atoms with Gasteiger partial charge in [-0.25, -0.2) is 4.79 Å². The normalized spacial score (nSPS) is 10.6.